The number of rotatable bonds is 5. The lowest BCUT2D eigenvalue weighted by atomic mass is 9.98. The van der Waals surface area contributed by atoms with E-state index in [0.717, 1.165) is 11.3 Å². The van der Waals surface area contributed by atoms with Crippen LogP contribution in [-0.4, -0.2) is 14.1 Å². The summed E-state index contributed by atoms with van der Waals surface area (Å²) in [5.74, 6) is 5.37. The first-order chi connectivity index (χ1) is 10.0. The smallest absolute Gasteiger partial charge is 0.126 e. The molecular formula is C16H19ClFN3. The van der Waals surface area contributed by atoms with Gasteiger partial charge in [0.2, 0.25) is 0 Å². The van der Waals surface area contributed by atoms with Gasteiger partial charge in [-0.15, -0.1) is 0 Å². The maximum absolute atomic E-state index is 13.9. The van der Waals surface area contributed by atoms with Crippen LogP contribution in [0.3, 0.4) is 0 Å². The van der Waals surface area contributed by atoms with Crippen molar-refractivity contribution in [3.63, 3.8) is 0 Å². The summed E-state index contributed by atoms with van der Waals surface area (Å²) in [5, 5.41) is 0.518. The minimum absolute atomic E-state index is 0.183. The van der Waals surface area contributed by atoms with Gasteiger partial charge in [-0.25, -0.2) is 4.39 Å². The zero-order valence-electron chi connectivity index (χ0n) is 12.1. The second-order valence-electron chi connectivity index (χ2n) is 5.15. The maximum atomic E-state index is 13.9. The molecule has 3 nitrogen and oxygen atoms in total. The van der Waals surface area contributed by atoms with Gasteiger partial charge in [-0.2, -0.15) is 0 Å². The minimum atomic E-state index is -0.275. The second-order valence-corrected chi connectivity index (χ2v) is 5.58. The van der Waals surface area contributed by atoms with Gasteiger partial charge in [0.1, 0.15) is 5.82 Å². The molecule has 21 heavy (non-hydrogen) atoms. The van der Waals surface area contributed by atoms with Crippen molar-refractivity contribution in [1.29, 1.82) is 0 Å². The van der Waals surface area contributed by atoms with Crippen LogP contribution < -0.4 is 16.2 Å². The molecule has 2 aromatic rings. The van der Waals surface area contributed by atoms with Gasteiger partial charge in [0.25, 0.3) is 0 Å². The SMILES string of the molecule is CN(C)c1cccc(C(Cc2cc(Cl)ccc2F)NN)c1. The normalized spacial score (nSPS) is 12.2. The summed E-state index contributed by atoms with van der Waals surface area (Å²) >= 11 is 5.93. The van der Waals surface area contributed by atoms with Crippen LogP contribution in [-0.2, 0) is 6.42 Å². The molecule has 1 unspecified atom stereocenters. The third kappa shape index (κ3) is 3.94. The van der Waals surface area contributed by atoms with Gasteiger partial charge in [0.15, 0.2) is 0 Å². The average molecular weight is 308 g/mol. The fourth-order valence-corrected chi connectivity index (χ4v) is 2.41. The molecule has 0 aromatic heterocycles. The summed E-state index contributed by atoms with van der Waals surface area (Å²) in [6.07, 6.45) is 0.430. The molecule has 1 atom stereocenters. The molecule has 3 N–H and O–H groups in total. The Bertz CT molecular complexity index is 616. The highest BCUT2D eigenvalue weighted by Gasteiger charge is 2.14. The molecular weight excluding hydrogens is 289 g/mol. The molecule has 0 bridgehead atoms. The fraction of sp³-hybridized carbons (Fsp3) is 0.250. The first-order valence-corrected chi connectivity index (χ1v) is 7.06. The lowest BCUT2D eigenvalue weighted by molar-refractivity contribution is 0.529. The lowest BCUT2D eigenvalue weighted by Crippen LogP contribution is -2.30. The van der Waals surface area contributed by atoms with E-state index in [1.807, 2.05) is 43.3 Å². The molecule has 0 aliphatic rings. The number of halogens is 2. The monoisotopic (exact) mass is 307 g/mol. The summed E-state index contributed by atoms with van der Waals surface area (Å²) in [5.41, 5.74) is 5.37. The van der Waals surface area contributed by atoms with Crippen molar-refractivity contribution in [2.24, 2.45) is 5.84 Å². The predicted octanol–water partition coefficient (Wildman–Crippen LogP) is 3.29. The number of hydrogen-bond acceptors (Lipinski definition) is 3. The van der Waals surface area contributed by atoms with E-state index in [9.17, 15) is 4.39 Å². The molecule has 2 aromatic carbocycles. The van der Waals surface area contributed by atoms with Crippen LogP contribution in [0.15, 0.2) is 42.5 Å². The van der Waals surface area contributed by atoms with E-state index >= 15 is 0 Å². The van der Waals surface area contributed by atoms with Gasteiger partial charge in [0, 0.05) is 24.8 Å². The molecule has 0 radical (unpaired) electrons. The third-order valence-electron chi connectivity index (χ3n) is 3.42. The number of nitrogens with zero attached hydrogens (tertiary/aromatic N) is 1. The Balaban J connectivity index is 2.27. The van der Waals surface area contributed by atoms with Crippen molar-refractivity contribution in [3.05, 3.63) is 64.4 Å². The van der Waals surface area contributed by atoms with Crippen LogP contribution in [0.25, 0.3) is 0 Å². The molecule has 5 heteroatoms. The maximum Gasteiger partial charge on any atom is 0.126 e. The van der Waals surface area contributed by atoms with Gasteiger partial charge in [0.05, 0.1) is 6.04 Å². The average Bonchev–Trinajstić information content (AvgIpc) is 2.48. The summed E-state index contributed by atoms with van der Waals surface area (Å²) in [7, 11) is 3.95. The summed E-state index contributed by atoms with van der Waals surface area (Å²) in [6, 6.07) is 12.3. The number of nitrogens with one attached hydrogen (secondary N) is 1. The van der Waals surface area contributed by atoms with E-state index in [1.54, 1.807) is 6.07 Å². The number of hydrogen-bond donors (Lipinski definition) is 2. The second kappa shape index (κ2) is 6.89. The Labute approximate surface area is 129 Å². The highest BCUT2D eigenvalue weighted by molar-refractivity contribution is 6.30. The molecule has 0 aliphatic carbocycles. The van der Waals surface area contributed by atoms with Crippen molar-refractivity contribution in [1.82, 2.24) is 5.43 Å². The number of benzene rings is 2. The van der Waals surface area contributed by atoms with Crippen LogP contribution >= 0.6 is 11.6 Å². The summed E-state index contributed by atoms with van der Waals surface area (Å²) in [6.45, 7) is 0. The third-order valence-corrected chi connectivity index (χ3v) is 3.66. The Morgan fingerprint density at radius 3 is 2.67 bits per heavy atom. The Kier molecular flexibility index (Phi) is 5.17. The van der Waals surface area contributed by atoms with Crippen LogP contribution in [0.5, 0.6) is 0 Å². The summed E-state index contributed by atoms with van der Waals surface area (Å²) in [4.78, 5) is 2.01. The lowest BCUT2D eigenvalue weighted by Gasteiger charge is -2.20. The highest BCUT2D eigenvalue weighted by atomic mass is 35.5. The van der Waals surface area contributed by atoms with Gasteiger partial charge in [-0.1, -0.05) is 23.7 Å². The fourth-order valence-electron chi connectivity index (χ4n) is 2.21. The predicted molar refractivity (Wildman–Crippen MR) is 85.9 cm³/mol. The van der Waals surface area contributed by atoms with Crippen molar-refractivity contribution in [3.8, 4) is 0 Å². The first kappa shape index (κ1) is 15.8. The van der Waals surface area contributed by atoms with E-state index in [-0.39, 0.29) is 11.9 Å². The Hall–Kier alpha value is -1.62. The van der Waals surface area contributed by atoms with Gasteiger partial charge in [-0.05, 0) is 47.9 Å². The highest BCUT2D eigenvalue weighted by Crippen LogP contribution is 2.24. The largest absolute Gasteiger partial charge is 0.378 e. The van der Waals surface area contributed by atoms with Crippen molar-refractivity contribution < 1.29 is 4.39 Å². The standard InChI is InChI=1S/C16H19ClFN3/c1-21(2)14-5-3-4-11(9-14)16(20-19)10-12-8-13(17)6-7-15(12)18/h3-9,16,20H,10,19H2,1-2H3. The van der Waals surface area contributed by atoms with E-state index in [1.165, 1.54) is 12.1 Å². The Morgan fingerprint density at radius 2 is 2.00 bits per heavy atom. The van der Waals surface area contributed by atoms with E-state index in [4.69, 9.17) is 17.4 Å². The van der Waals surface area contributed by atoms with Crippen molar-refractivity contribution in [2.45, 2.75) is 12.5 Å². The van der Waals surface area contributed by atoms with Crippen molar-refractivity contribution >= 4 is 17.3 Å². The molecule has 2 rings (SSSR count). The van der Waals surface area contributed by atoms with Gasteiger partial charge < -0.3 is 4.90 Å². The van der Waals surface area contributed by atoms with Crippen LogP contribution in [0, 0.1) is 5.82 Å². The van der Waals surface area contributed by atoms with Crippen LogP contribution in [0.2, 0.25) is 5.02 Å². The molecule has 0 amide bonds. The number of anilines is 1. The number of nitrogens with two attached hydrogens (primary N) is 1. The molecule has 0 heterocycles. The van der Waals surface area contributed by atoms with Crippen LogP contribution in [0.1, 0.15) is 17.2 Å². The quantitative estimate of drug-likeness (QED) is 0.658. The zero-order valence-corrected chi connectivity index (χ0v) is 12.9. The molecule has 0 aliphatic heterocycles. The molecule has 112 valence electrons. The molecule has 0 spiro atoms. The van der Waals surface area contributed by atoms with Crippen LogP contribution in [0.4, 0.5) is 10.1 Å². The van der Waals surface area contributed by atoms with E-state index in [2.05, 4.69) is 5.43 Å². The van der Waals surface area contributed by atoms with Gasteiger partial charge in [-0.3, -0.25) is 11.3 Å². The topological polar surface area (TPSA) is 41.3 Å². The number of hydrazine groups is 1. The first-order valence-electron chi connectivity index (χ1n) is 6.68. The zero-order chi connectivity index (χ0) is 15.4. The van der Waals surface area contributed by atoms with Crippen molar-refractivity contribution in [2.75, 3.05) is 19.0 Å². The van der Waals surface area contributed by atoms with E-state index < -0.39 is 0 Å². The molecule has 0 fully saturated rings. The minimum Gasteiger partial charge on any atom is -0.378 e. The summed E-state index contributed by atoms with van der Waals surface area (Å²) < 4.78 is 13.9. The molecule has 0 saturated carbocycles. The molecule has 0 saturated heterocycles. The Morgan fingerprint density at radius 1 is 1.24 bits per heavy atom. The van der Waals surface area contributed by atoms with E-state index in [0.29, 0.717) is 17.0 Å². The van der Waals surface area contributed by atoms with Gasteiger partial charge >= 0.3 is 0 Å².